The molecule has 0 saturated heterocycles. The topological polar surface area (TPSA) is 39.1 Å². The van der Waals surface area contributed by atoms with Crippen molar-refractivity contribution in [3.05, 3.63) is 18.2 Å². The van der Waals surface area contributed by atoms with Crippen molar-refractivity contribution >= 4 is 0 Å². The Labute approximate surface area is 110 Å². The predicted octanol–water partition coefficient (Wildman–Crippen LogP) is 1.99. The van der Waals surface area contributed by atoms with Crippen LogP contribution in [-0.4, -0.2) is 35.4 Å². The maximum atomic E-state index is 5.71. The first-order chi connectivity index (χ1) is 8.73. The molecule has 1 unspecified atom stereocenters. The van der Waals surface area contributed by atoms with Crippen LogP contribution in [0.1, 0.15) is 38.4 Å². The number of imidazole rings is 1. The fourth-order valence-electron chi connectivity index (χ4n) is 2.83. The first kappa shape index (κ1) is 13.6. The zero-order valence-electron chi connectivity index (χ0n) is 11.8. The van der Waals surface area contributed by atoms with E-state index in [0.717, 1.165) is 19.4 Å². The Morgan fingerprint density at radius 1 is 1.56 bits per heavy atom. The Morgan fingerprint density at radius 3 is 2.83 bits per heavy atom. The van der Waals surface area contributed by atoms with Crippen LogP contribution in [0.15, 0.2) is 12.4 Å². The summed E-state index contributed by atoms with van der Waals surface area (Å²) in [5, 5.41) is 3.42. The number of methoxy groups -OCH3 is 1. The van der Waals surface area contributed by atoms with E-state index in [1.807, 2.05) is 20.4 Å². The highest BCUT2D eigenvalue weighted by molar-refractivity contribution is 4.99. The minimum Gasteiger partial charge on any atom is -0.378 e. The minimum absolute atomic E-state index is 0.122. The number of nitrogens with one attached hydrogen (secondary N) is 1. The summed E-state index contributed by atoms with van der Waals surface area (Å²) >= 11 is 0. The molecule has 4 heteroatoms. The number of aryl methyl sites for hydroxylation is 1. The Balaban J connectivity index is 1.97. The van der Waals surface area contributed by atoms with Crippen LogP contribution in [0.2, 0.25) is 0 Å². The van der Waals surface area contributed by atoms with E-state index >= 15 is 0 Å². The molecule has 0 aliphatic heterocycles. The van der Waals surface area contributed by atoms with Gasteiger partial charge in [0, 0.05) is 38.5 Å². The van der Waals surface area contributed by atoms with Crippen molar-refractivity contribution in [2.24, 2.45) is 0 Å². The number of ether oxygens (including phenoxy) is 1. The first-order valence-electron chi connectivity index (χ1n) is 6.95. The number of hydrogen-bond acceptors (Lipinski definition) is 3. The first-order valence-corrected chi connectivity index (χ1v) is 6.95. The van der Waals surface area contributed by atoms with E-state index in [1.54, 1.807) is 0 Å². The number of hydrogen-bond donors (Lipinski definition) is 1. The second-order valence-electron chi connectivity index (χ2n) is 5.26. The third kappa shape index (κ3) is 2.75. The molecule has 1 saturated carbocycles. The van der Waals surface area contributed by atoms with Crippen LogP contribution in [0.25, 0.3) is 0 Å². The van der Waals surface area contributed by atoms with Crippen molar-refractivity contribution in [2.75, 3.05) is 14.2 Å². The Bertz CT molecular complexity index is 365. The van der Waals surface area contributed by atoms with Crippen molar-refractivity contribution in [1.82, 2.24) is 14.9 Å². The lowest BCUT2D eigenvalue weighted by atomic mass is 9.75. The highest BCUT2D eigenvalue weighted by atomic mass is 16.5. The molecule has 0 aromatic carbocycles. The van der Waals surface area contributed by atoms with Crippen LogP contribution >= 0.6 is 0 Å². The molecule has 102 valence electrons. The van der Waals surface area contributed by atoms with Gasteiger partial charge in [0.2, 0.25) is 0 Å². The van der Waals surface area contributed by atoms with Gasteiger partial charge in [0.05, 0.1) is 5.60 Å². The maximum Gasteiger partial charge on any atom is 0.110 e. The van der Waals surface area contributed by atoms with Crippen molar-refractivity contribution in [3.8, 4) is 0 Å². The summed E-state index contributed by atoms with van der Waals surface area (Å²) in [7, 11) is 3.88. The zero-order chi connectivity index (χ0) is 13.0. The molecule has 1 aliphatic carbocycles. The summed E-state index contributed by atoms with van der Waals surface area (Å²) in [5.41, 5.74) is 0.122. The average Bonchev–Trinajstić information content (AvgIpc) is 2.79. The van der Waals surface area contributed by atoms with Gasteiger partial charge in [-0.15, -0.1) is 0 Å². The molecule has 1 aromatic heterocycles. The van der Waals surface area contributed by atoms with Gasteiger partial charge in [-0.25, -0.2) is 4.98 Å². The van der Waals surface area contributed by atoms with E-state index < -0.39 is 0 Å². The molecule has 0 amide bonds. The second kappa shape index (κ2) is 5.85. The van der Waals surface area contributed by atoms with Crippen molar-refractivity contribution in [1.29, 1.82) is 0 Å². The van der Waals surface area contributed by atoms with E-state index in [1.165, 1.54) is 25.1 Å². The summed E-state index contributed by atoms with van der Waals surface area (Å²) in [6.45, 7) is 3.14. The van der Waals surface area contributed by atoms with Gasteiger partial charge in [0.25, 0.3) is 0 Å². The number of likely N-dealkylation sites (N-methyl/N-ethyl adjacent to an activating group) is 1. The molecule has 1 fully saturated rings. The highest BCUT2D eigenvalue weighted by Gasteiger charge is 2.38. The molecular weight excluding hydrogens is 226 g/mol. The van der Waals surface area contributed by atoms with Gasteiger partial charge in [-0.3, -0.25) is 0 Å². The van der Waals surface area contributed by atoms with Gasteiger partial charge >= 0.3 is 0 Å². The zero-order valence-corrected chi connectivity index (χ0v) is 11.8. The van der Waals surface area contributed by atoms with E-state index in [2.05, 4.69) is 28.0 Å². The number of rotatable bonds is 7. The third-order valence-electron chi connectivity index (χ3n) is 4.30. The van der Waals surface area contributed by atoms with E-state index in [-0.39, 0.29) is 5.60 Å². The largest absolute Gasteiger partial charge is 0.378 e. The lowest BCUT2D eigenvalue weighted by Gasteiger charge is -2.42. The van der Waals surface area contributed by atoms with Gasteiger partial charge in [-0.2, -0.15) is 0 Å². The highest BCUT2D eigenvalue weighted by Crippen LogP contribution is 2.39. The summed E-state index contributed by atoms with van der Waals surface area (Å²) < 4.78 is 7.93. The molecular formula is C14H25N3O. The standard InChI is InChI=1S/C14H25N3O/c1-4-17-9-8-16-13(17)10-12(15-2)11-14(18-3)6-5-7-14/h8-9,12,15H,4-7,10-11H2,1-3H3. The maximum absolute atomic E-state index is 5.71. The Kier molecular flexibility index (Phi) is 4.40. The summed E-state index contributed by atoms with van der Waals surface area (Å²) in [6.07, 6.45) is 9.69. The SMILES string of the molecule is CCn1ccnc1CC(CC1(OC)CCC1)NC. The average molecular weight is 251 g/mol. The summed E-state index contributed by atoms with van der Waals surface area (Å²) in [5.74, 6) is 1.17. The van der Waals surface area contributed by atoms with Crippen molar-refractivity contribution in [3.63, 3.8) is 0 Å². The van der Waals surface area contributed by atoms with Crippen molar-refractivity contribution < 1.29 is 4.74 Å². The Hall–Kier alpha value is -0.870. The molecule has 1 aliphatic rings. The third-order valence-corrected chi connectivity index (χ3v) is 4.30. The Morgan fingerprint density at radius 2 is 2.33 bits per heavy atom. The van der Waals surface area contributed by atoms with Crippen LogP contribution in [0, 0.1) is 0 Å². The fraction of sp³-hybridized carbons (Fsp3) is 0.786. The number of aromatic nitrogens is 2. The molecule has 4 nitrogen and oxygen atoms in total. The molecule has 2 rings (SSSR count). The molecule has 1 atom stereocenters. The normalized spacial score (nSPS) is 19.5. The van der Waals surface area contributed by atoms with Gasteiger partial charge in [0.1, 0.15) is 5.82 Å². The summed E-state index contributed by atoms with van der Waals surface area (Å²) in [4.78, 5) is 4.46. The summed E-state index contributed by atoms with van der Waals surface area (Å²) in [6, 6.07) is 0.443. The van der Waals surface area contributed by atoms with Crippen LogP contribution in [0.5, 0.6) is 0 Å². The minimum atomic E-state index is 0.122. The molecule has 18 heavy (non-hydrogen) atoms. The van der Waals surface area contributed by atoms with Crippen LogP contribution in [0.4, 0.5) is 0 Å². The molecule has 0 radical (unpaired) electrons. The van der Waals surface area contributed by atoms with Gasteiger partial charge in [-0.05, 0) is 39.7 Å². The van der Waals surface area contributed by atoms with Gasteiger partial charge in [0.15, 0.2) is 0 Å². The molecule has 1 aromatic rings. The van der Waals surface area contributed by atoms with Crippen LogP contribution < -0.4 is 5.32 Å². The molecule has 1 heterocycles. The molecule has 0 bridgehead atoms. The van der Waals surface area contributed by atoms with E-state index in [9.17, 15) is 0 Å². The lowest BCUT2D eigenvalue weighted by Crippen LogP contribution is -2.46. The van der Waals surface area contributed by atoms with Crippen molar-refractivity contribution in [2.45, 2.75) is 57.2 Å². The quantitative estimate of drug-likeness (QED) is 0.805. The number of nitrogens with zero attached hydrogens (tertiary/aromatic N) is 2. The van der Waals surface area contributed by atoms with Crippen LogP contribution in [-0.2, 0) is 17.7 Å². The van der Waals surface area contributed by atoms with E-state index in [0.29, 0.717) is 6.04 Å². The second-order valence-corrected chi connectivity index (χ2v) is 5.26. The smallest absolute Gasteiger partial charge is 0.110 e. The molecule has 1 N–H and O–H groups in total. The van der Waals surface area contributed by atoms with Gasteiger partial charge < -0.3 is 14.6 Å². The van der Waals surface area contributed by atoms with Crippen LogP contribution in [0.3, 0.4) is 0 Å². The lowest BCUT2D eigenvalue weighted by molar-refractivity contribution is -0.0831. The van der Waals surface area contributed by atoms with E-state index in [4.69, 9.17) is 4.74 Å². The van der Waals surface area contributed by atoms with Gasteiger partial charge in [-0.1, -0.05) is 0 Å². The predicted molar refractivity (Wildman–Crippen MR) is 72.7 cm³/mol. The fourth-order valence-corrected chi connectivity index (χ4v) is 2.83. The monoisotopic (exact) mass is 251 g/mol. The molecule has 0 spiro atoms.